The highest BCUT2D eigenvalue weighted by atomic mass is 79.9. The van der Waals surface area contributed by atoms with E-state index in [1.54, 1.807) is 6.07 Å². The van der Waals surface area contributed by atoms with Gasteiger partial charge in [0.15, 0.2) is 0 Å². The third kappa shape index (κ3) is 6.63. The molecule has 0 aromatic heterocycles. The van der Waals surface area contributed by atoms with E-state index >= 15 is 0 Å². The van der Waals surface area contributed by atoms with Gasteiger partial charge in [-0.1, -0.05) is 61.7 Å². The van der Waals surface area contributed by atoms with Crippen molar-refractivity contribution in [3.63, 3.8) is 0 Å². The summed E-state index contributed by atoms with van der Waals surface area (Å²) >= 11 is 3.46. The first kappa shape index (κ1) is 26.4. The second-order valence-corrected chi connectivity index (χ2v) is 11.1. The van der Waals surface area contributed by atoms with Crippen molar-refractivity contribution in [1.82, 2.24) is 10.2 Å². The topological polar surface area (TPSA) is 64.7 Å². The number of carbonyl (C=O) groups is 2. The van der Waals surface area contributed by atoms with E-state index in [1.807, 2.05) is 42.5 Å². The fraction of sp³-hybridized carbons (Fsp3) is 0.355. The number of amides is 2. The number of hydrogen-bond acceptors (Lipinski definition) is 4. The first-order chi connectivity index (χ1) is 18.6. The standard InChI is InChI=1S/C31H35BrN4O2/c32-28-14-8-7-13-26(28)30(37)34-25-15-16-29(27(21-25)31(38)33-24-11-5-2-6-12-24)36-19-17-35(18-20-36)22-23-9-3-1-4-10-23/h1,3-4,7-10,13-16,21,24H,2,5-6,11-12,17-20,22H2,(H,33,38)(H,34,37). The van der Waals surface area contributed by atoms with Gasteiger partial charge in [-0.3, -0.25) is 14.5 Å². The van der Waals surface area contributed by atoms with Crippen LogP contribution in [0.4, 0.5) is 11.4 Å². The van der Waals surface area contributed by atoms with Crippen molar-refractivity contribution in [2.24, 2.45) is 0 Å². The van der Waals surface area contributed by atoms with Gasteiger partial charge in [0, 0.05) is 54.6 Å². The van der Waals surface area contributed by atoms with Crippen molar-refractivity contribution in [3.8, 4) is 0 Å². The summed E-state index contributed by atoms with van der Waals surface area (Å²) in [7, 11) is 0. The van der Waals surface area contributed by atoms with Gasteiger partial charge in [0.05, 0.1) is 11.1 Å². The molecule has 2 N–H and O–H groups in total. The molecule has 1 saturated carbocycles. The second kappa shape index (κ2) is 12.6. The molecular weight excluding hydrogens is 540 g/mol. The fourth-order valence-electron chi connectivity index (χ4n) is 5.41. The van der Waals surface area contributed by atoms with Gasteiger partial charge in [-0.2, -0.15) is 0 Å². The Hall–Kier alpha value is -3.16. The number of piperazine rings is 1. The van der Waals surface area contributed by atoms with Gasteiger partial charge >= 0.3 is 0 Å². The van der Waals surface area contributed by atoms with Gasteiger partial charge in [-0.25, -0.2) is 0 Å². The van der Waals surface area contributed by atoms with Crippen molar-refractivity contribution in [2.75, 3.05) is 36.4 Å². The van der Waals surface area contributed by atoms with Gasteiger partial charge in [0.25, 0.3) is 11.8 Å². The lowest BCUT2D eigenvalue weighted by molar-refractivity contribution is 0.0927. The number of benzene rings is 3. The van der Waals surface area contributed by atoms with E-state index in [-0.39, 0.29) is 17.9 Å². The third-order valence-electron chi connectivity index (χ3n) is 7.52. The molecule has 6 nitrogen and oxygen atoms in total. The zero-order valence-electron chi connectivity index (χ0n) is 21.7. The lowest BCUT2D eigenvalue weighted by Crippen LogP contribution is -2.46. The van der Waals surface area contributed by atoms with Gasteiger partial charge in [0.1, 0.15) is 0 Å². The van der Waals surface area contributed by atoms with Crippen molar-refractivity contribution >= 4 is 39.1 Å². The van der Waals surface area contributed by atoms with E-state index in [0.717, 1.165) is 68.6 Å². The molecule has 3 aromatic rings. The molecule has 1 saturated heterocycles. The summed E-state index contributed by atoms with van der Waals surface area (Å²) in [6, 6.07) is 23.8. The molecule has 0 spiro atoms. The number of nitrogens with one attached hydrogen (secondary N) is 2. The third-order valence-corrected chi connectivity index (χ3v) is 8.21. The Morgan fingerprint density at radius 3 is 2.24 bits per heavy atom. The SMILES string of the molecule is O=C(Nc1ccc(N2CCN(Cc3ccccc3)CC2)c(C(=O)NC2CCCCC2)c1)c1ccccc1Br. The smallest absolute Gasteiger partial charge is 0.256 e. The Balaban J connectivity index is 1.33. The minimum Gasteiger partial charge on any atom is -0.368 e. The van der Waals surface area contributed by atoms with Crippen LogP contribution in [0.3, 0.4) is 0 Å². The Morgan fingerprint density at radius 2 is 1.50 bits per heavy atom. The van der Waals surface area contributed by atoms with E-state index in [1.165, 1.54) is 12.0 Å². The molecule has 198 valence electrons. The van der Waals surface area contributed by atoms with Crippen LogP contribution >= 0.6 is 15.9 Å². The van der Waals surface area contributed by atoms with E-state index in [2.05, 4.69) is 60.6 Å². The van der Waals surface area contributed by atoms with Crippen LogP contribution in [0.25, 0.3) is 0 Å². The first-order valence-electron chi connectivity index (χ1n) is 13.6. The monoisotopic (exact) mass is 574 g/mol. The zero-order chi connectivity index (χ0) is 26.3. The summed E-state index contributed by atoms with van der Waals surface area (Å²) in [6.45, 7) is 4.49. The first-order valence-corrected chi connectivity index (χ1v) is 14.4. The average molecular weight is 576 g/mol. The minimum absolute atomic E-state index is 0.0596. The van der Waals surface area contributed by atoms with E-state index in [4.69, 9.17) is 0 Å². The summed E-state index contributed by atoms with van der Waals surface area (Å²) in [5.74, 6) is -0.269. The molecule has 0 radical (unpaired) electrons. The molecule has 0 atom stereocenters. The number of hydrogen-bond donors (Lipinski definition) is 2. The predicted octanol–water partition coefficient (Wildman–Crippen LogP) is 6.09. The highest BCUT2D eigenvalue weighted by molar-refractivity contribution is 9.10. The lowest BCUT2D eigenvalue weighted by atomic mass is 9.95. The van der Waals surface area contributed by atoms with Crippen molar-refractivity contribution in [3.05, 3.63) is 94.0 Å². The molecule has 0 unspecified atom stereocenters. The number of anilines is 2. The quantitative estimate of drug-likeness (QED) is 0.358. The van der Waals surface area contributed by atoms with Gasteiger partial charge in [-0.05, 0) is 64.7 Å². The van der Waals surface area contributed by atoms with Crippen LogP contribution in [0, 0.1) is 0 Å². The summed E-state index contributed by atoms with van der Waals surface area (Å²) in [4.78, 5) is 31.3. The fourth-order valence-corrected chi connectivity index (χ4v) is 5.88. The summed E-state index contributed by atoms with van der Waals surface area (Å²) in [5.41, 5.74) is 4.04. The molecule has 1 aliphatic heterocycles. The van der Waals surface area contributed by atoms with Gasteiger partial charge in [0.2, 0.25) is 0 Å². The molecule has 1 aliphatic carbocycles. The molecule has 2 amide bonds. The maximum atomic E-state index is 13.6. The number of carbonyl (C=O) groups excluding carboxylic acids is 2. The summed E-state index contributed by atoms with van der Waals surface area (Å²) in [5, 5.41) is 6.27. The van der Waals surface area contributed by atoms with E-state index < -0.39 is 0 Å². The molecule has 7 heteroatoms. The lowest BCUT2D eigenvalue weighted by Gasteiger charge is -2.37. The van der Waals surface area contributed by atoms with Gasteiger partial charge in [-0.15, -0.1) is 0 Å². The van der Waals surface area contributed by atoms with Crippen LogP contribution < -0.4 is 15.5 Å². The van der Waals surface area contributed by atoms with Crippen LogP contribution in [0.5, 0.6) is 0 Å². The number of rotatable bonds is 7. The maximum absolute atomic E-state index is 13.6. The minimum atomic E-state index is -0.210. The van der Waals surface area contributed by atoms with E-state index in [0.29, 0.717) is 16.8 Å². The molecule has 2 fully saturated rings. The van der Waals surface area contributed by atoms with Crippen molar-refractivity contribution in [1.29, 1.82) is 0 Å². The summed E-state index contributed by atoms with van der Waals surface area (Å²) in [6.07, 6.45) is 5.60. The van der Waals surface area contributed by atoms with Crippen molar-refractivity contribution in [2.45, 2.75) is 44.7 Å². The van der Waals surface area contributed by atoms with E-state index in [9.17, 15) is 9.59 Å². The molecule has 5 rings (SSSR count). The molecule has 1 heterocycles. The van der Waals surface area contributed by atoms with Crippen LogP contribution in [0.2, 0.25) is 0 Å². The molecule has 0 bridgehead atoms. The Kier molecular flexibility index (Phi) is 8.76. The maximum Gasteiger partial charge on any atom is 0.256 e. The Bertz CT molecular complexity index is 1250. The summed E-state index contributed by atoms with van der Waals surface area (Å²) < 4.78 is 0.734. The van der Waals surface area contributed by atoms with Gasteiger partial charge < -0.3 is 15.5 Å². The molecule has 38 heavy (non-hydrogen) atoms. The molecule has 3 aromatic carbocycles. The normalized spacial score (nSPS) is 16.7. The second-order valence-electron chi connectivity index (χ2n) is 10.2. The van der Waals surface area contributed by atoms with Crippen LogP contribution in [0.15, 0.2) is 77.3 Å². The Morgan fingerprint density at radius 1 is 0.789 bits per heavy atom. The molecular formula is C31H35BrN4O2. The number of nitrogens with zero attached hydrogens (tertiary/aromatic N) is 2. The molecule has 2 aliphatic rings. The average Bonchev–Trinajstić information content (AvgIpc) is 2.95. The number of halogens is 1. The Labute approximate surface area is 233 Å². The highest BCUT2D eigenvalue weighted by Gasteiger charge is 2.24. The van der Waals surface area contributed by atoms with Crippen LogP contribution in [-0.4, -0.2) is 48.9 Å². The van der Waals surface area contributed by atoms with Crippen LogP contribution in [-0.2, 0) is 6.54 Å². The largest absolute Gasteiger partial charge is 0.368 e. The predicted molar refractivity (Wildman–Crippen MR) is 157 cm³/mol. The zero-order valence-corrected chi connectivity index (χ0v) is 23.3. The highest BCUT2D eigenvalue weighted by Crippen LogP contribution is 2.28. The van der Waals surface area contributed by atoms with Crippen LogP contribution in [0.1, 0.15) is 58.4 Å². The van der Waals surface area contributed by atoms with Crippen molar-refractivity contribution < 1.29 is 9.59 Å².